The van der Waals surface area contributed by atoms with E-state index in [2.05, 4.69) is 53.8 Å². The first kappa shape index (κ1) is 13.5. The molecule has 0 amide bonds. The van der Waals surface area contributed by atoms with Crippen molar-refractivity contribution in [2.24, 2.45) is 0 Å². The minimum absolute atomic E-state index is 0.216. The molecule has 0 atom stereocenters. The van der Waals surface area contributed by atoms with Gasteiger partial charge in [0.05, 0.1) is 11.6 Å². The summed E-state index contributed by atoms with van der Waals surface area (Å²) in [6.07, 6.45) is 5.12. The average Bonchev–Trinajstić information content (AvgIpc) is 3.05. The summed E-state index contributed by atoms with van der Waals surface area (Å²) in [4.78, 5) is 2.56. The highest BCUT2D eigenvalue weighted by Crippen LogP contribution is 2.27. The van der Waals surface area contributed by atoms with Crippen molar-refractivity contribution >= 4 is 10.9 Å². The van der Waals surface area contributed by atoms with Crippen molar-refractivity contribution in [1.29, 1.82) is 0 Å². The molecule has 1 fully saturated rings. The van der Waals surface area contributed by atoms with Gasteiger partial charge in [-0.15, -0.1) is 0 Å². The van der Waals surface area contributed by atoms with E-state index in [-0.39, 0.29) is 6.10 Å². The van der Waals surface area contributed by atoms with Crippen LogP contribution in [0, 0.1) is 0 Å². The Bertz CT molecular complexity index is 567. The van der Waals surface area contributed by atoms with Gasteiger partial charge in [-0.3, -0.25) is 0 Å². The number of rotatable bonds is 5. The highest BCUT2D eigenvalue weighted by molar-refractivity contribution is 5.86. The molecule has 0 bridgehead atoms. The smallest absolute Gasteiger partial charge is 0.129 e. The highest BCUT2D eigenvalue weighted by Gasteiger charge is 2.12. The van der Waals surface area contributed by atoms with Gasteiger partial charge in [0.1, 0.15) is 5.75 Å². The number of fused-ring (bicyclic) bond motifs is 1. The molecule has 0 unspecified atom stereocenters. The third-order valence-electron chi connectivity index (χ3n) is 3.99. The molecule has 1 aliphatic heterocycles. The zero-order valence-electron chi connectivity index (χ0n) is 12.5. The highest BCUT2D eigenvalue weighted by atomic mass is 16.5. The normalized spacial score (nSPS) is 16.4. The molecule has 1 aromatic carbocycles. The van der Waals surface area contributed by atoms with Crippen molar-refractivity contribution in [3.63, 3.8) is 0 Å². The van der Waals surface area contributed by atoms with Gasteiger partial charge in [-0.1, -0.05) is 6.07 Å². The van der Waals surface area contributed by atoms with Gasteiger partial charge in [0, 0.05) is 24.7 Å². The predicted octanol–water partition coefficient (Wildman–Crippen LogP) is 3.52. The quantitative estimate of drug-likeness (QED) is 0.828. The lowest BCUT2D eigenvalue weighted by atomic mass is 10.2. The second-order valence-electron chi connectivity index (χ2n) is 5.91. The first-order valence-electron chi connectivity index (χ1n) is 7.71. The van der Waals surface area contributed by atoms with Gasteiger partial charge in [0.25, 0.3) is 0 Å². The summed E-state index contributed by atoms with van der Waals surface area (Å²) in [6, 6.07) is 8.52. The van der Waals surface area contributed by atoms with Crippen LogP contribution in [0.15, 0.2) is 30.5 Å². The topological polar surface area (TPSA) is 17.4 Å². The van der Waals surface area contributed by atoms with Crippen LogP contribution in [-0.2, 0) is 6.54 Å². The number of hydrogen-bond donors (Lipinski definition) is 0. The zero-order chi connectivity index (χ0) is 13.9. The Kier molecular flexibility index (Phi) is 3.97. The molecule has 2 aromatic rings. The first-order valence-corrected chi connectivity index (χ1v) is 7.71. The van der Waals surface area contributed by atoms with Crippen molar-refractivity contribution < 1.29 is 4.74 Å². The maximum absolute atomic E-state index is 5.89. The molecule has 0 N–H and O–H groups in total. The van der Waals surface area contributed by atoms with Crippen LogP contribution in [0.25, 0.3) is 10.9 Å². The molecule has 1 aliphatic rings. The molecule has 3 rings (SSSR count). The lowest BCUT2D eigenvalue weighted by molar-refractivity contribution is 0.245. The fourth-order valence-electron chi connectivity index (χ4n) is 3.00. The van der Waals surface area contributed by atoms with E-state index >= 15 is 0 Å². The Morgan fingerprint density at radius 1 is 1.10 bits per heavy atom. The minimum atomic E-state index is 0.216. The van der Waals surface area contributed by atoms with Gasteiger partial charge in [-0.05, 0) is 58.0 Å². The van der Waals surface area contributed by atoms with Crippen LogP contribution in [0.4, 0.5) is 0 Å². The average molecular weight is 272 g/mol. The molecule has 3 nitrogen and oxygen atoms in total. The number of benzene rings is 1. The molecule has 3 heteroatoms. The molecule has 1 aromatic heterocycles. The lowest BCUT2D eigenvalue weighted by Crippen LogP contribution is -2.23. The van der Waals surface area contributed by atoms with Gasteiger partial charge in [-0.2, -0.15) is 0 Å². The zero-order valence-corrected chi connectivity index (χ0v) is 12.5. The summed E-state index contributed by atoms with van der Waals surface area (Å²) in [6.45, 7) is 8.89. The summed E-state index contributed by atoms with van der Waals surface area (Å²) in [5.74, 6) is 0.998. The molecule has 0 aliphatic carbocycles. The second-order valence-corrected chi connectivity index (χ2v) is 5.91. The second kappa shape index (κ2) is 5.88. The van der Waals surface area contributed by atoms with Gasteiger partial charge in [-0.25, -0.2) is 0 Å². The minimum Gasteiger partial charge on any atom is -0.490 e. The first-order chi connectivity index (χ1) is 9.74. The Morgan fingerprint density at radius 2 is 1.90 bits per heavy atom. The Balaban J connectivity index is 1.78. The van der Waals surface area contributed by atoms with E-state index < -0.39 is 0 Å². The number of aromatic nitrogens is 1. The van der Waals surface area contributed by atoms with Crippen LogP contribution in [0.1, 0.15) is 26.7 Å². The Morgan fingerprint density at radius 3 is 2.65 bits per heavy atom. The molecule has 20 heavy (non-hydrogen) atoms. The van der Waals surface area contributed by atoms with Crippen LogP contribution in [0.2, 0.25) is 0 Å². The van der Waals surface area contributed by atoms with Gasteiger partial charge in [0.2, 0.25) is 0 Å². The van der Waals surface area contributed by atoms with Crippen LogP contribution < -0.4 is 4.74 Å². The van der Waals surface area contributed by atoms with E-state index in [1.54, 1.807) is 0 Å². The summed E-state index contributed by atoms with van der Waals surface area (Å²) in [5.41, 5.74) is 1.28. The molecule has 0 radical (unpaired) electrons. The molecule has 108 valence electrons. The third kappa shape index (κ3) is 2.83. The molecular weight excluding hydrogens is 248 g/mol. The van der Waals surface area contributed by atoms with Crippen LogP contribution in [0.3, 0.4) is 0 Å². The summed E-state index contributed by atoms with van der Waals surface area (Å²) in [5, 5.41) is 1.22. The van der Waals surface area contributed by atoms with E-state index in [4.69, 9.17) is 4.74 Å². The fourth-order valence-corrected chi connectivity index (χ4v) is 3.00. The Labute approximate surface area is 121 Å². The number of nitrogens with zero attached hydrogens (tertiary/aromatic N) is 2. The standard InChI is InChI=1S/C17H24N2O/c1-14(2)20-17-7-5-6-16-15(17)8-11-19(16)13-12-18-9-3-4-10-18/h5-8,11,14H,3-4,9-10,12-13H2,1-2H3. The molecule has 1 saturated heterocycles. The third-order valence-corrected chi connectivity index (χ3v) is 3.99. The van der Waals surface area contributed by atoms with E-state index in [1.807, 2.05) is 0 Å². The van der Waals surface area contributed by atoms with Crippen molar-refractivity contribution in [3.8, 4) is 5.75 Å². The van der Waals surface area contributed by atoms with Crippen LogP contribution >= 0.6 is 0 Å². The van der Waals surface area contributed by atoms with Gasteiger partial charge in [0.15, 0.2) is 0 Å². The number of ether oxygens (including phenoxy) is 1. The van der Waals surface area contributed by atoms with Crippen molar-refractivity contribution in [3.05, 3.63) is 30.5 Å². The predicted molar refractivity (Wildman–Crippen MR) is 83.4 cm³/mol. The van der Waals surface area contributed by atoms with E-state index in [0.717, 1.165) is 18.8 Å². The summed E-state index contributed by atoms with van der Waals surface area (Å²) >= 11 is 0. The maximum Gasteiger partial charge on any atom is 0.129 e. The molecule has 0 saturated carbocycles. The van der Waals surface area contributed by atoms with Gasteiger partial charge < -0.3 is 14.2 Å². The fraction of sp³-hybridized carbons (Fsp3) is 0.529. The van der Waals surface area contributed by atoms with E-state index in [9.17, 15) is 0 Å². The van der Waals surface area contributed by atoms with Crippen molar-refractivity contribution in [2.45, 2.75) is 39.3 Å². The molecule has 2 heterocycles. The van der Waals surface area contributed by atoms with Crippen LogP contribution in [0.5, 0.6) is 5.75 Å². The summed E-state index contributed by atoms with van der Waals surface area (Å²) in [7, 11) is 0. The van der Waals surface area contributed by atoms with Crippen molar-refractivity contribution in [2.75, 3.05) is 19.6 Å². The Hall–Kier alpha value is -1.48. The lowest BCUT2D eigenvalue weighted by Gasteiger charge is -2.16. The largest absolute Gasteiger partial charge is 0.490 e. The van der Waals surface area contributed by atoms with Crippen LogP contribution in [-0.4, -0.2) is 35.2 Å². The van der Waals surface area contributed by atoms with Crippen molar-refractivity contribution in [1.82, 2.24) is 9.47 Å². The number of likely N-dealkylation sites (tertiary alicyclic amines) is 1. The molecule has 0 spiro atoms. The number of hydrogen-bond acceptors (Lipinski definition) is 2. The van der Waals surface area contributed by atoms with E-state index in [1.165, 1.54) is 36.8 Å². The monoisotopic (exact) mass is 272 g/mol. The summed E-state index contributed by atoms with van der Waals surface area (Å²) < 4.78 is 8.24. The van der Waals surface area contributed by atoms with Gasteiger partial charge >= 0.3 is 0 Å². The molecular formula is C17H24N2O. The maximum atomic E-state index is 5.89. The SMILES string of the molecule is CC(C)Oc1cccc2c1ccn2CCN1CCCC1. The van der Waals surface area contributed by atoms with E-state index in [0.29, 0.717) is 0 Å².